The Bertz CT molecular complexity index is 521. The molecule has 3 rings (SSSR count). The first-order valence-electron chi connectivity index (χ1n) is 6.03. The molecule has 88 valence electrons. The Kier molecular flexibility index (Phi) is 2.81. The summed E-state index contributed by atoms with van der Waals surface area (Å²) in [7, 11) is 0. The third-order valence-electron chi connectivity index (χ3n) is 3.20. The number of hydrogen-bond acceptors (Lipinski definition) is 4. The van der Waals surface area contributed by atoms with E-state index in [0.717, 1.165) is 29.4 Å². The van der Waals surface area contributed by atoms with E-state index >= 15 is 0 Å². The Hall–Kier alpha value is -1.42. The van der Waals surface area contributed by atoms with E-state index in [1.807, 2.05) is 0 Å². The van der Waals surface area contributed by atoms with Gasteiger partial charge in [-0.2, -0.15) is 0 Å². The lowest BCUT2D eigenvalue weighted by molar-refractivity contribution is 0.758. The van der Waals surface area contributed by atoms with E-state index in [1.165, 1.54) is 11.1 Å². The van der Waals surface area contributed by atoms with Gasteiger partial charge in [0.15, 0.2) is 0 Å². The van der Waals surface area contributed by atoms with Crippen LogP contribution in [0.5, 0.6) is 0 Å². The van der Waals surface area contributed by atoms with Gasteiger partial charge in [0.25, 0.3) is 0 Å². The molecule has 0 saturated carbocycles. The molecule has 1 aliphatic rings. The summed E-state index contributed by atoms with van der Waals surface area (Å²) in [6.45, 7) is 2.11. The lowest BCUT2D eigenvalue weighted by Crippen LogP contribution is -2.06. The van der Waals surface area contributed by atoms with Gasteiger partial charge in [-0.25, -0.2) is 0 Å². The number of anilines is 1. The molecule has 0 amide bonds. The van der Waals surface area contributed by atoms with Crippen LogP contribution in [0.2, 0.25) is 0 Å². The van der Waals surface area contributed by atoms with E-state index in [-0.39, 0.29) is 0 Å². The monoisotopic (exact) mass is 245 g/mol. The molecule has 0 radical (unpaired) electrons. The van der Waals surface area contributed by atoms with Crippen molar-refractivity contribution in [2.75, 3.05) is 5.32 Å². The summed E-state index contributed by atoms with van der Waals surface area (Å²) in [5.41, 5.74) is 2.88. The van der Waals surface area contributed by atoms with Crippen molar-refractivity contribution in [3.8, 4) is 0 Å². The minimum absolute atomic E-state index is 0.406. The zero-order chi connectivity index (χ0) is 11.7. The summed E-state index contributed by atoms with van der Waals surface area (Å²) >= 11 is 1.66. The van der Waals surface area contributed by atoms with Crippen molar-refractivity contribution >= 4 is 16.5 Å². The maximum absolute atomic E-state index is 4.18. The van der Waals surface area contributed by atoms with Crippen LogP contribution in [-0.4, -0.2) is 10.2 Å². The number of rotatable bonds is 3. The number of hydrogen-bond donors (Lipinski definition) is 1. The topological polar surface area (TPSA) is 37.8 Å². The molecule has 1 unspecified atom stereocenters. The van der Waals surface area contributed by atoms with Gasteiger partial charge in [-0.05, 0) is 30.4 Å². The quantitative estimate of drug-likeness (QED) is 0.902. The Morgan fingerprint density at radius 1 is 1.35 bits per heavy atom. The maximum atomic E-state index is 4.18. The van der Waals surface area contributed by atoms with Crippen molar-refractivity contribution in [2.24, 2.45) is 0 Å². The molecule has 1 atom stereocenters. The van der Waals surface area contributed by atoms with Gasteiger partial charge in [0, 0.05) is 0 Å². The van der Waals surface area contributed by atoms with Crippen molar-refractivity contribution in [2.45, 2.75) is 32.2 Å². The Balaban J connectivity index is 1.79. The van der Waals surface area contributed by atoms with Gasteiger partial charge in [0.1, 0.15) is 5.01 Å². The van der Waals surface area contributed by atoms with Gasteiger partial charge < -0.3 is 5.32 Å². The molecule has 1 aromatic heterocycles. The van der Waals surface area contributed by atoms with Gasteiger partial charge in [0.2, 0.25) is 5.13 Å². The molecule has 1 N–H and O–H groups in total. The first-order valence-corrected chi connectivity index (χ1v) is 6.85. The molecular weight excluding hydrogens is 230 g/mol. The van der Waals surface area contributed by atoms with Crippen molar-refractivity contribution < 1.29 is 0 Å². The zero-order valence-corrected chi connectivity index (χ0v) is 10.6. The number of aromatic nitrogens is 2. The summed E-state index contributed by atoms with van der Waals surface area (Å²) in [5, 5.41) is 13.9. The lowest BCUT2D eigenvalue weighted by Gasteiger charge is -2.12. The summed E-state index contributed by atoms with van der Waals surface area (Å²) in [4.78, 5) is 0. The molecular formula is C13H15N3S. The van der Waals surface area contributed by atoms with Gasteiger partial charge in [0.05, 0.1) is 6.04 Å². The van der Waals surface area contributed by atoms with Crippen LogP contribution in [0.4, 0.5) is 5.13 Å². The second kappa shape index (κ2) is 4.45. The SMILES string of the molecule is CCc1nnc(NC2CCc3ccccc32)s1. The number of nitrogens with zero attached hydrogens (tertiary/aromatic N) is 2. The maximum Gasteiger partial charge on any atom is 0.206 e. The normalized spacial score (nSPS) is 18.1. The van der Waals surface area contributed by atoms with Crippen molar-refractivity contribution in [3.63, 3.8) is 0 Å². The second-order valence-corrected chi connectivity index (χ2v) is 5.35. The molecule has 1 heterocycles. The summed E-state index contributed by atoms with van der Waals surface area (Å²) < 4.78 is 0. The van der Waals surface area contributed by atoms with Gasteiger partial charge in [-0.3, -0.25) is 0 Å². The van der Waals surface area contributed by atoms with E-state index in [9.17, 15) is 0 Å². The summed E-state index contributed by atoms with van der Waals surface area (Å²) in [6, 6.07) is 9.05. The Morgan fingerprint density at radius 2 is 2.24 bits per heavy atom. The van der Waals surface area contributed by atoms with Crippen LogP contribution in [-0.2, 0) is 12.8 Å². The van der Waals surface area contributed by atoms with Crippen LogP contribution in [0.15, 0.2) is 24.3 Å². The molecule has 0 aliphatic heterocycles. The standard InChI is InChI=1S/C13H15N3S/c1-2-12-15-16-13(17-12)14-11-8-7-9-5-3-4-6-10(9)11/h3-6,11H,2,7-8H2,1H3,(H,14,16). The average Bonchev–Trinajstić information content (AvgIpc) is 2.97. The fourth-order valence-electron chi connectivity index (χ4n) is 2.31. The van der Waals surface area contributed by atoms with Gasteiger partial charge in [-0.1, -0.05) is 42.5 Å². The number of nitrogens with one attached hydrogen (secondary N) is 1. The summed E-state index contributed by atoms with van der Waals surface area (Å²) in [6.07, 6.45) is 3.27. The summed E-state index contributed by atoms with van der Waals surface area (Å²) in [5.74, 6) is 0. The minimum Gasteiger partial charge on any atom is -0.353 e. The van der Waals surface area contributed by atoms with E-state index < -0.39 is 0 Å². The molecule has 0 spiro atoms. The molecule has 1 aliphatic carbocycles. The highest BCUT2D eigenvalue weighted by Gasteiger charge is 2.22. The molecule has 0 fully saturated rings. The molecule has 17 heavy (non-hydrogen) atoms. The lowest BCUT2D eigenvalue weighted by atomic mass is 10.1. The van der Waals surface area contributed by atoms with Gasteiger partial charge >= 0.3 is 0 Å². The van der Waals surface area contributed by atoms with Crippen LogP contribution < -0.4 is 5.32 Å². The van der Waals surface area contributed by atoms with E-state index in [4.69, 9.17) is 0 Å². The van der Waals surface area contributed by atoms with Crippen molar-refractivity contribution in [3.05, 3.63) is 40.4 Å². The van der Waals surface area contributed by atoms with Crippen molar-refractivity contribution in [1.29, 1.82) is 0 Å². The van der Waals surface area contributed by atoms with Crippen LogP contribution >= 0.6 is 11.3 Å². The third kappa shape index (κ3) is 2.05. The molecule has 0 saturated heterocycles. The second-order valence-electron chi connectivity index (χ2n) is 4.29. The predicted molar refractivity (Wildman–Crippen MR) is 70.4 cm³/mol. The molecule has 2 aromatic rings. The highest BCUT2D eigenvalue weighted by Crippen LogP contribution is 2.34. The number of fused-ring (bicyclic) bond motifs is 1. The average molecular weight is 245 g/mol. The smallest absolute Gasteiger partial charge is 0.206 e. The molecule has 1 aromatic carbocycles. The fraction of sp³-hybridized carbons (Fsp3) is 0.385. The first kappa shape index (κ1) is 10.7. The fourth-order valence-corrected chi connectivity index (χ4v) is 3.04. The highest BCUT2D eigenvalue weighted by molar-refractivity contribution is 7.15. The minimum atomic E-state index is 0.406. The number of benzene rings is 1. The molecule has 0 bridgehead atoms. The predicted octanol–water partition coefficient (Wildman–Crippen LogP) is 3.20. The Morgan fingerprint density at radius 3 is 3.06 bits per heavy atom. The largest absolute Gasteiger partial charge is 0.353 e. The third-order valence-corrected chi connectivity index (χ3v) is 4.20. The Labute approximate surface area is 105 Å². The van der Waals surface area contributed by atoms with Gasteiger partial charge in [-0.15, -0.1) is 10.2 Å². The van der Waals surface area contributed by atoms with Crippen LogP contribution in [0, 0.1) is 0 Å². The van der Waals surface area contributed by atoms with E-state index in [1.54, 1.807) is 11.3 Å². The molecule has 3 nitrogen and oxygen atoms in total. The molecule has 4 heteroatoms. The highest BCUT2D eigenvalue weighted by atomic mass is 32.1. The van der Waals surface area contributed by atoms with Crippen molar-refractivity contribution in [1.82, 2.24) is 10.2 Å². The zero-order valence-electron chi connectivity index (χ0n) is 9.81. The van der Waals surface area contributed by atoms with E-state index in [0.29, 0.717) is 6.04 Å². The van der Waals surface area contributed by atoms with Crippen LogP contribution in [0.1, 0.15) is 35.5 Å². The van der Waals surface area contributed by atoms with Crippen LogP contribution in [0.3, 0.4) is 0 Å². The first-order chi connectivity index (χ1) is 8.36. The van der Waals surface area contributed by atoms with E-state index in [2.05, 4.69) is 46.7 Å². The van der Waals surface area contributed by atoms with Crippen LogP contribution in [0.25, 0.3) is 0 Å². The number of aryl methyl sites for hydroxylation is 2.